The highest BCUT2D eigenvalue weighted by Gasteiger charge is 2.23. The van der Waals surface area contributed by atoms with Crippen molar-refractivity contribution in [2.75, 3.05) is 44.4 Å². The maximum atomic E-state index is 13.0. The second-order valence-electron chi connectivity index (χ2n) is 6.69. The number of aryl methyl sites for hydroxylation is 1. The molecular formula is C20H23N3O3. The summed E-state index contributed by atoms with van der Waals surface area (Å²) in [6, 6.07) is 9.93. The van der Waals surface area contributed by atoms with E-state index < -0.39 is 0 Å². The van der Waals surface area contributed by atoms with Crippen LogP contribution in [-0.2, 0) is 11.3 Å². The summed E-state index contributed by atoms with van der Waals surface area (Å²) < 4.78 is 11.2. The summed E-state index contributed by atoms with van der Waals surface area (Å²) in [5.41, 5.74) is 3.70. The number of rotatable bonds is 2. The van der Waals surface area contributed by atoms with Gasteiger partial charge in [-0.15, -0.1) is 0 Å². The highest BCUT2D eigenvalue weighted by molar-refractivity contribution is 5.93. The van der Waals surface area contributed by atoms with E-state index in [1.165, 1.54) is 0 Å². The van der Waals surface area contributed by atoms with Crippen LogP contribution >= 0.6 is 0 Å². The van der Waals surface area contributed by atoms with Crippen LogP contribution in [0.2, 0.25) is 0 Å². The van der Waals surface area contributed by atoms with E-state index in [0.29, 0.717) is 38.6 Å². The van der Waals surface area contributed by atoms with Crippen LogP contribution in [0.3, 0.4) is 0 Å². The number of aromatic nitrogens is 1. The van der Waals surface area contributed by atoms with Crippen molar-refractivity contribution < 1.29 is 14.3 Å². The van der Waals surface area contributed by atoms with Gasteiger partial charge in [-0.25, -0.2) is 0 Å². The van der Waals surface area contributed by atoms with Gasteiger partial charge in [-0.1, -0.05) is 17.7 Å². The third-order valence-electron chi connectivity index (χ3n) is 4.82. The van der Waals surface area contributed by atoms with Gasteiger partial charge >= 0.3 is 0 Å². The minimum Gasteiger partial charge on any atom is -0.491 e. The van der Waals surface area contributed by atoms with Crippen LogP contribution in [0.1, 0.15) is 21.6 Å². The number of pyridine rings is 1. The van der Waals surface area contributed by atoms with E-state index in [2.05, 4.69) is 16.0 Å². The molecule has 0 spiro atoms. The van der Waals surface area contributed by atoms with E-state index in [1.807, 2.05) is 36.1 Å². The zero-order valence-electron chi connectivity index (χ0n) is 15.0. The first-order chi connectivity index (χ1) is 12.7. The number of ether oxygens (including phenoxy) is 2. The molecule has 4 rings (SSSR count). The number of anilines is 1. The van der Waals surface area contributed by atoms with Gasteiger partial charge in [0.2, 0.25) is 0 Å². The Labute approximate surface area is 153 Å². The van der Waals surface area contributed by atoms with Gasteiger partial charge in [-0.3, -0.25) is 9.78 Å². The molecule has 0 radical (unpaired) electrons. The number of nitrogens with zero attached hydrogens (tertiary/aromatic N) is 3. The van der Waals surface area contributed by atoms with Crippen molar-refractivity contribution in [2.24, 2.45) is 0 Å². The molecule has 2 aliphatic heterocycles. The molecule has 26 heavy (non-hydrogen) atoms. The highest BCUT2D eigenvalue weighted by Crippen LogP contribution is 2.25. The maximum absolute atomic E-state index is 13.0. The number of fused-ring (bicyclic) bond motifs is 1. The SMILES string of the molecule is Cc1ccc2c(c1)CN(C(=O)c1cc(N3CCOCC3)ccn1)CCO2. The molecule has 0 N–H and O–H groups in total. The third-order valence-corrected chi connectivity index (χ3v) is 4.82. The molecule has 1 aromatic carbocycles. The van der Waals surface area contributed by atoms with E-state index in [4.69, 9.17) is 9.47 Å². The molecule has 6 heteroatoms. The van der Waals surface area contributed by atoms with Gasteiger partial charge in [0, 0.05) is 37.1 Å². The fourth-order valence-electron chi connectivity index (χ4n) is 3.41. The van der Waals surface area contributed by atoms with Crippen LogP contribution in [-0.4, -0.2) is 55.2 Å². The Morgan fingerprint density at radius 3 is 2.77 bits per heavy atom. The number of carbonyl (C=O) groups excluding carboxylic acids is 1. The van der Waals surface area contributed by atoms with E-state index >= 15 is 0 Å². The molecular weight excluding hydrogens is 330 g/mol. The van der Waals surface area contributed by atoms with Crippen LogP contribution in [0.4, 0.5) is 5.69 Å². The van der Waals surface area contributed by atoms with Gasteiger partial charge in [0.1, 0.15) is 18.1 Å². The molecule has 2 aliphatic rings. The second-order valence-corrected chi connectivity index (χ2v) is 6.69. The number of hydrogen-bond donors (Lipinski definition) is 0. The fourth-order valence-corrected chi connectivity index (χ4v) is 3.41. The topological polar surface area (TPSA) is 54.9 Å². The van der Waals surface area contributed by atoms with Crippen molar-refractivity contribution in [3.63, 3.8) is 0 Å². The van der Waals surface area contributed by atoms with Crippen molar-refractivity contribution in [1.29, 1.82) is 0 Å². The number of hydrogen-bond acceptors (Lipinski definition) is 5. The van der Waals surface area contributed by atoms with E-state index in [0.717, 1.165) is 35.7 Å². The number of amides is 1. The molecule has 1 saturated heterocycles. The molecule has 136 valence electrons. The molecule has 1 amide bonds. The van der Waals surface area contributed by atoms with E-state index in [-0.39, 0.29) is 5.91 Å². The predicted molar refractivity (Wildman–Crippen MR) is 98.7 cm³/mol. The molecule has 1 fully saturated rings. The summed E-state index contributed by atoms with van der Waals surface area (Å²) >= 11 is 0. The minimum absolute atomic E-state index is 0.0573. The Bertz CT molecular complexity index is 803. The summed E-state index contributed by atoms with van der Waals surface area (Å²) in [5, 5.41) is 0. The van der Waals surface area contributed by atoms with Gasteiger partial charge in [-0.2, -0.15) is 0 Å². The lowest BCUT2D eigenvalue weighted by Crippen LogP contribution is -2.37. The maximum Gasteiger partial charge on any atom is 0.272 e. The largest absolute Gasteiger partial charge is 0.491 e. The smallest absolute Gasteiger partial charge is 0.272 e. The number of morpholine rings is 1. The predicted octanol–water partition coefficient (Wildman–Crippen LogP) is 2.26. The van der Waals surface area contributed by atoms with Crippen molar-refractivity contribution in [2.45, 2.75) is 13.5 Å². The van der Waals surface area contributed by atoms with Gasteiger partial charge in [0.05, 0.1) is 19.8 Å². The van der Waals surface area contributed by atoms with Crippen LogP contribution < -0.4 is 9.64 Å². The van der Waals surface area contributed by atoms with Crippen LogP contribution in [0.15, 0.2) is 36.5 Å². The quantitative estimate of drug-likeness (QED) is 0.829. The Morgan fingerprint density at radius 2 is 1.92 bits per heavy atom. The van der Waals surface area contributed by atoms with Crippen LogP contribution in [0, 0.1) is 6.92 Å². The monoisotopic (exact) mass is 353 g/mol. The first-order valence-corrected chi connectivity index (χ1v) is 9.01. The van der Waals surface area contributed by atoms with Crippen molar-refractivity contribution in [1.82, 2.24) is 9.88 Å². The van der Waals surface area contributed by atoms with Crippen LogP contribution in [0.5, 0.6) is 5.75 Å². The molecule has 0 aliphatic carbocycles. The first-order valence-electron chi connectivity index (χ1n) is 9.01. The second kappa shape index (κ2) is 7.33. The summed E-state index contributed by atoms with van der Waals surface area (Å²) in [5.74, 6) is 0.805. The standard InChI is InChI=1S/C20H23N3O3/c1-15-2-3-19-16(12-15)14-23(8-11-26-19)20(24)18-13-17(4-5-21-18)22-6-9-25-10-7-22/h2-5,12-13H,6-11,14H2,1H3. The van der Waals surface area contributed by atoms with Gasteiger partial charge in [0.25, 0.3) is 5.91 Å². The molecule has 0 atom stereocenters. The molecule has 3 heterocycles. The van der Waals surface area contributed by atoms with Crippen LogP contribution in [0.25, 0.3) is 0 Å². The number of benzene rings is 1. The molecule has 0 saturated carbocycles. The molecule has 6 nitrogen and oxygen atoms in total. The van der Waals surface area contributed by atoms with Gasteiger partial charge in [-0.05, 0) is 25.1 Å². The van der Waals surface area contributed by atoms with Crippen molar-refractivity contribution in [3.05, 3.63) is 53.3 Å². The summed E-state index contributed by atoms with van der Waals surface area (Å²) in [4.78, 5) is 21.4. The summed E-state index contributed by atoms with van der Waals surface area (Å²) in [6.45, 7) is 6.73. The fraction of sp³-hybridized carbons (Fsp3) is 0.400. The first kappa shape index (κ1) is 16.8. The lowest BCUT2D eigenvalue weighted by Gasteiger charge is -2.29. The van der Waals surface area contributed by atoms with E-state index in [1.54, 1.807) is 6.20 Å². The molecule has 0 bridgehead atoms. The zero-order chi connectivity index (χ0) is 17.9. The van der Waals surface area contributed by atoms with E-state index in [9.17, 15) is 4.79 Å². The molecule has 1 aromatic heterocycles. The van der Waals surface area contributed by atoms with Gasteiger partial charge in [0.15, 0.2) is 0 Å². The average Bonchev–Trinajstić information content (AvgIpc) is 2.90. The zero-order valence-corrected chi connectivity index (χ0v) is 15.0. The summed E-state index contributed by atoms with van der Waals surface area (Å²) in [6.07, 6.45) is 1.71. The third kappa shape index (κ3) is 3.51. The Balaban J connectivity index is 1.55. The van der Waals surface area contributed by atoms with Crippen molar-refractivity contribution in [3.8, 4) is 5.75 Å². The minimum atomic E-state index is -0.0573. The molecule has 0 unspecified atom stereocenters. The number of carbonyl (C=O) groups is 1. The molecule has 2 aromatic rings. The van der Waals surface area contributed by atoms with Gasteiger partial charge < -0.3 is 19.3 Å². The normalized spacial score (nSPS) is 17.3. The average molecular weight is 353 g/mol. The Morgan fingerprint density at radius 1 is 1.08 bits per heavy atom. The highest BCUT2D eigenvalue weighted by atomic mass is 16.5. The lowest BCUT2D eigenvalue weighted by atomic mass is 10.1. The lowest BCUT2D eigenvalue weighted by molar-refractivity contribution is 0.0727. The Kier molecular flexibility index (Phi) is 4.75. The van der Waals surface area contributed by atoms with Crippen molar-refractivity contribution >= 4 is 11.6 Å². The Hall–Kier alpha value is -2.60. The summed E-state index contributed by atoms with van der Waals surface area (Å²) in [7, 11) is 0.